The van der Waals surface area contributed by atoms with Gasteiger partial charge in [-0.3, -0.25) is 14.6 Å². The normalized spacial score (nSPS) is 46.8. The van der Waals surface area contributed by atoms with E-state index < -0.39 is 22.5 Å². The van der Waals surface area contributed by atoms with Gasteiger partial charge in [-0.1, -0.05) is 30.3 Å². The van der Waals surface area contributed by atoms with Crippen molar-refractivity contribution in [2.75, 3.05) is 57.2 Å². The summed E-state index contributed by atoms with van der Waals surface area (Å²) < 4.78 is 25.3. The van der Waals surface area contributed by atoms with Crippen LogP contribution in [0.5, 0.6) is 5.75 Å². The topological polar surface area (TPSA) is 113 Å². The number of fused-ring (bicyclic) bond motifs is 4. The molecule has 13 rings (SSSR count). The van der Waals surface area contributed by atoms with E-state index in [2.05, 4.69) is 62.5 Å². The highest BCUT2D eigenvalue weighted by molar-refractivity contribution is 5.93. The van der Waals surface area contributed by atoms with Crippen LogP contribution in [0.1, 0.15) is 62.5 Å². The molecule has 11 heteroatoms. The lowest BCUT2D eigenvalue weighted by molar-refractivity contribution is -0.250. The van der Waals surface area contributed by atoms with Gasteiger partial charge in [-0.15, -0.1) is 0 Å². The number of carbonyl (C=O) groups is 2. The smallest absolute Gasteiger partial charge is 0.335 e. The number of anilines is 2. The van der Waals surface area contributed by atoms with Crippen molar-refractivity contribution in [2.45, 2.75) is 98.8 Å². The summed E-state index contributed by atoms with van der Waals surface area (Å²) in [5, 5.41) is 17.1. The molecule has 0 amide bonds. The largest absolute Gasteiger partial charge is 0.495 e. The summed E-state index contributed by atoms with van der Waals surface area (Å²) in [7, 11) is 3.27. The first-order chi connectivity index (χ1) is 26.3. The van der Waals surface area contributed by atoms with Crippen LogP contribution in [-0.2, 0) is 34.6 Å². The maximum Gasteiger partial charge on any atom is 0.335 e. The number of piperidine rings is 3. The van der Waals surface area contributed by atoms with E-state index in [1.165, 1.54) is 18.2 Å². The highest BCUT2D eigenvalue weighted by Crippen LogP contribution is 2.76. The molecular weight excluding hydrogens is 684 g/mol. The molecule has 0 unspecified atom stereocenters. The average Bonchev–Trinajstić information content (AvgIpc) is 4.03. The number of ether oxygens (including phenoxy) is 4. The fourth-order valence-electron chi connectivity index (χ4n) is 16.7. The maximum absolute atomic E-state index is 14.0. The number of hydrogen-bond donors (Lipinski definition) is 2. The maximum atomic E-state index is 14.0. The van der Waals surface area contributed by atoms with Gasteiger partial charge in [-0.2, -0.15) is 0 Å². The second-order valence-electron chi connectivity index (χ2n) is 18.9. The second-order valence-corrected chi connectivity index (χ2v) is 18.9. The predicted octanol–water partition coefficient (Wildman–Crippen LogP) is 3.69. The van der Waals surface area contributed by atoms with Crippen LogP contribution < -0.4 is 15.0 Å². The first-order valence-electron chi connectivity index (χ1n) is 20.4. The number of hydrogen-bond acceptors (Lipinski definition) is 11. The highest BCUT2D eigenvalue weighted by Gasteiger charge is 2.81. The van der Waals surface area contributed by atoms with Crippen LogP contribution in [0.25, 0.3) is 0 Å². The van der Waals surface area contributed by atoms with E-state index in [0.29, 0.717) is 26.0 Å². The Kier molecular flexibility index (Phi) is 5.74. The molecule has 0 bridgehead atoms. The molecule has 1 saturated carbocycles. The third-order valence-electron chi connectivity index (χ3n) is 17.5. The fraction of sp³-hybridized carbons (Fsp3) is 0.628. The number of methoxy groups -OCH3 is 2. The van der Waals surface area contributed by atoms with Crippen LogP contribution in [0.15, 0.2) is 53.7 Å². The fourth-order valence-corrected chi connectivity index (χ4v) is 16.7. The minimum Gasteiger partial charge on any atom is -0.495 e. The lowest BCUT2D eigenvalue weighted by Gasteiger charge is -2.69. The Morgan fingerprint density at radius 1 is 0.944 bits per heavy atom. The number of benzene rings is 2. The molecule has 9 aliphatic heterocycles. The van der Waals surface area contributed by atoms with E-state index in [9.17, 15) is 14.7 Å². The van der Waals surface area contributed by atoms with E-state index in [4.69, 9.17) is 18.9 Å². The van der Waals surface area contributed by atoms with Crippen molar-refractivity contribution in [2.24, 2.45) is 22.2 Å². The Morgan fingerprint density at radius 3 is 2.67 bits per heavy atom. The van der Waals surface area contributed by atoms with E-state index in [1.54, 1.807) is 7.11 Å². The van der Waals surface area contributed by atoms with Crippen molar-refractivity contribution < 1.29 is 33.6 Å². The van der Waals surface area contributed by atoms with Crippen molar-refractivity contribution in [3.8, 4) is 5.75 Å². The van der Waals surface area contributed by atoms with E-state index in [0.717, 1.165) is 86.6 Å². The monoisotopic (exact) mass is 732 g/mol. The van der Waals surface area contributed by atoms with Crippen molar-refractivity contribution in [1.82, 2.24) is 9.80 Å². The van der Waals surface area contributed by atoms with Gasteiger partial charge in [0.2, 0.25) is 0 Å². The van der Waals surface area contributed by atoms with Crippen LogP contribution in [0, 0.1) is 22.2 Å². The molecule has 11 aliphatic rings. The lowest BCUT2D eigenvalue weighted by Crippen LogP contribution is -2.79. The number of esters is 2. The first-order valence-corrected chi connectivity index (χ1v) is 20.4. The van der Waals surface area contributed by atoms with Crippen LogP contribution >= 0.6 is 0 Å². The molecule has 11 nitrogen and oxygen atoms in total. The van der Waals surface area contributed by atoms with Gasteiger partial charge in [0.25, 0.3) is 0 Å². The molecule has 0 radical (unpaired) electrons. The SMILES string of the molecule is COC(=O)C1=C2Nc3ccccc3[C@@]23CCN2[C@H](O)[C@]4(C[C@@H]5C[C@]67CC(=O)O[C@H]6CCN6CC[C@@]8(c9cccc(OC)c9N(C4)[C@@H]58)[C@@H]67)[C@@H]4OCC[C@]4(C1)[C@H]23. The number of aliphatic hydroxyl groups excluding tert-OH is 1. The lowest BCUT2D eigenvalue weighted by atomic mass is 9.44. The molecule has 5 spiro atoms. The van der Waals surface area contributed by atoms with Crippen molar-refractivity contribution in [1.29, 1.82) is 0 Å². The summed E-state index contributed by atoms with van der Waals surface area (Å²) in [4.78, 5) is 35.2. The summed E-state index contributed by atoms with van der Waals surface area (Å²) in [5.41, 5.74) is 4.44. The van der Waals surface area contributed by atoms with Gasteiger partial charge in [-0.25, -0.2) is 4.79 Å². The zero-order valence-electron chi connectivity index (χ0n) is 31.0. The number of nitrogens with one attached hydrogen (secondary N) is 1. The van der Waals surface area contributed by atoms with E-state index in [-0.39, 0.29) is 59.0 Å². The summed E-state index contributed by atoms with van der Waals surface area (Å²) in [6, 6.07) is 15.5. The predicted molar refractivity (Wildman–Crippen MR) is 196 cm³/mol. The molecule has 0 aromatic heterocycles. The molecule has 2 N–H and O–H groups in total. The molecule has 2 aromatic carbocycles. The van der Waals surface area contributed by atoms with Crippen LogP contribution in [0.2, 0.25) is 0 Å². The van der Waals surface area contributed by atoms with Crippen molar-refractivity contribution in [3.05, 3.63) is 64.9 Å². The second kappa shape index (κ2) is 9.83. The van der Waals surface area contributed by atoms with Gasteiger partial charge in [0.1, 0.15) is 18.1 Å². The van der Waals surface area contributed by atoms with Gasteiger partial charge in [0.05, 0.1) is 48.8 Å². The Hall–Kier alpha value is -3.64. The minimum atomic E-state index is -0.763. The average molecular weight is 733 g/mol. The van der Waals surface area contributed by atoms with Crippen LogP contribution in [-0.4, -0.2) is 110 Å². The summed E-state index contributed by atoms with van der Waals surface area (Å²) in [6.45, 7) is 3.92. The Labute approximate surface area is 314 Å². The minimum absolute atomic E-state index is 0.0385. The molecule has 12 atom stereocenters. The third-order valence-corrected chi connectivity index (χ3v) is 17.5. The van der Waals surface area contributed by atoms with Gasteiger partial charge in [0, 0.05) is 72.0 Å². The van der Waals surface area contributed by atoms with Gasteiger partial charge < -0.3 is 34.3 Å². The van der Waals surface area contributed by atoms with Crippen LogP contribution in [0.3, 0.4) is 0 Å². The summed E-state index contributed by atoms with van der Waals surface area (Å²) in [6.07, 6.45) is 5.08. The van der Waals surface area contributed by atoms with Gasteiger partial charge in [0.15, 0.2) is 0 Å². The van der Waals surface area contributed by atoms with E-state index in [1.807, 2.05) is 0 Å². The number of rotatable bonds is 2. The number of para-hydroxylation sites is 2. The Morgan fingerprint density at radius 2 is 1.80 bits per heavy atom. The molecule has 9 heterocycles. The third kappa shape index (κ3) is 3.12. The number of aliphatic hydroxyl groups is 1. The molecule has 8 fully saturated rings. The van der Waals surface area contributed by atoms with Crippen molar-refractivity contribution >= 4 is 23.3 Å². The Bertz CT molecular complexity index is 2130. The standard InChI is InChI=1S/C43H48N4O7/c1-51-28-9-5-7-26-31(28)47-22-41(19-23-18-40-21-30(48)54-29(40)10-14-45-15-11-43(26,33(23)47)35(40)45)37-39(13-17-53-37)20-24(34(49)52-2)32-42(12-16-46(36(39)42)38(41)50)25-6-3-4-8-27(25)44-32/h3-9,23,29,33,35-38,44,50H,10-22H2,1-2H3/t23-,29-,33-,35-,36-,37+,38+,39-,40-,41-,42-,43-/m0/s1. The van der Waals surface area contributed by atoms with Crippen LogP contribution in [0.4, 0.5) is 11.4 Å². The molecule has 54 heavy (non-hydrogen) atoms. The number of carbonyl (C=O) groups excluding carboxylic acids is 2. The molecule has 2 aliphatic carbocycles. The highest BCUT2D eigenvalue weighted by atomic mass is 16.6. The van der Waals surface area contributed by atoms with Gasteiger partial charge >= 0.3 is 11.9 Å². The molecule has 282 valence electrons. The first kappa shape index (κ1) is 31.6. The number of nitrogens with zero attached hydrogens (tertiary/aromatic N) is 3. The summed E-state index contributed by atoms with van der Waals surface area (Å²) >= 11 is 0. The zero-order valence-corrected chi connectivity index (χ0v) is 31.0. The molecular formula is C43H48N4O7. The Balaban J connectivity index is 1.03. The quantitative estimate of drug-likeness (QED) is 0.442. The zero-order chi connectivity index (χ0) is 36.1. The molecule has 2 aromatic rings. The summed E-state index contributed by atoms with van der Waals surface area (Å²) in [5.74, 6) is 0.737. The molecule has 7 saturated heterocycles. The van der Waals surface area contributed by atoms with E-state index >= 15 is 0 Å². The van der Waals surface area contributed by atoms with Crippen molar-refractivity contribution in [3.63, 3.8) is 0 Å². The van der Waals surface area contributed by atoms with Gasteiger partial charge in [-0.05, 0) is 80.7 Å².